The number of nitrogens with one attached hydrogen (secondary N) is 1. The number of hydrogen-bond donors (Lipinski definition) is 1. The molecule has 0 unspecified atom stereocenters. The van der Waals surface area contributed by atoms with Crippen molar-refractivity contribution in [3.05, 3.63) is 26.5 Å². The minimum absolute atomic E-state index is 0.195. The van der Waals surface area contributed by atoms with Gasteiger partial charge in [0.05, 0.1) is 24.1 Å². The average molecular weight is 376 g/mol. The number of hydrogen-bond acceptors (Lipinski definition) is 3. The Balaban J connectivity index is 2.25. The summed E-state index contributed by atoms with van der Waals surface area (Å²) in [4.78, 5) is 14.5. The van der Waals surface area contributed by atoms with Crippen LogP contribution in [0.1, 0.15) is 13.3 Å². The first kappa shape index (κ1) is 13.5. The van der Waals surface area contributed by atoms with Gasteiger partial charge in [0.1, 0.15) is 0 Å². The standard InChI is InChI=1S/C12H13IN2O2S/c1-2-17-11(16)5-6-15-10-4-3-8(13)7-9(10)14-12(15)18/h3-4,7H,2,5-6H2,1H3,(H,14,18). The number of rotatable bonds is 4. The number of nitrogens with zero attached hydrogens (tertiary/aromatic N) is 1. The fourth-order valence-corrected chi connectivity index (χ4v) is 2.58. The first-order valence-electron chi connectivity index (χ1n) is 5.65. The van der Waals surface area contributed by atoms with Crippen LogP contribution in [0, 0.1) is 8.34 Å². The van der Waals surface area contributed by atoms with Gasteiger partial charge in [-0.15, -0.1) is 0 Å². The summed E-state index contributed by atoms with van der Waals surface area (Å²) in [6, 6.07) is 6.06. The van der Waals surface area contributed by atoms with E-state index in [4.69, 9.17) is 17.0 Å². The van der Waals surface area contributed by atoms with Crippen LogP contribution in [0.4, 0.5) is 0 Å². The summed E-state index contributed by atoms with van der Waals surface area (Å²) in [7, 11) is 0. The highest BCUT2D eigenvalue weighted by Gasteiger charge is 2.07. The van der Waals surface area contributed by atoms with Gasteiger partial charge in [-0.3, -0.25) is 4.79 Å². The van der Waals surface area contributed by atoms with Crippen molar-refractivity contribution in [3.63, 3.8) is 0 Å². The number of aromatic amines is 1. The van der Waals surface area contributed by atoms with E-state index in [1.165, 1.54) is 0 Å². The van der Waals surface area contributed by atoms with E-state index in [0.29, 0.717) is 24.3 Å². The van der Waals surface area contributed by atoms with Crippen molar-refractivity contribution in [3.8, 4) is 0 Å². The van der Waals surface area contributed by atoms with E-state index in [1.807, 2.05) is 22.8 Å². The van der Waals surface area contributed by atoms with Crippen molar-refractivity contribution in [1.82, 2.24) is 9.55 Å². The molecular weight excluding hydrogens is 363 g/mol. The normalized spacial score (nSPS) is 10.8. The van der Waals surface area contributed by atoms with Gasteiger partial charge < -0.3 is 14.3 Å². The van der Waals surface area contributed by atoms with E-state index in [9.17, 15) is 4.79 Å². The lowest BCUT2D eigenvalue weighted by atomic mass is 10.3. The van der Waals surface area contributed by atoms with Crippen LogP contribution in [-0.2, 0) is 16.1 Å². The second-order valence-corrected chi connectivity index (χ2v) is 5.43. The topological polar surface area (TPSA) is 47.0 Å². The predicted molar refractivity (Wildman–Crippen MR) is 81.1 cm³/mol. The van der Waals surface area contributed by atoms with E-state index in [0.717, 1.165) is 14.6 Å². The molecule has 0 saturated heterocycles. The number of carbonyl (C=O) groups excluding carboxylic acids is 1. The lowest BCUT2D eigenvalue weighted by molar-refractivity contribution is -0.143. The van der Waals surface area contributed by atoms with E-state index in [2.05, 4.69) is 27.6 Å². The largest absolute Gasteiger partial charge is 0.466 e. The molecule has 0 bridgehead atoms. The molecule has 0 saturated carbocycles. The molecule has 0 aliphatic rings. The highest BCUT2D eigenvalue weighted by molar-refractivity contribution is 14.1. The highest BCUT2D eigenvalue weighted by atomic mass is 127. The maximum Gasteiger partial charge on any atom is 0.307 e. The predicted octanol–water partition coefficient (Wildman–Crippen LogP) is 3.26. The number of imidazole rings is 1. The minimum Gasteiger partial charge on any atom is -0.466 e. The molecule has 0 aliphatic heterocycles. The van der Waals surface area contributed by atoms with Crippen molar-refractivity contribution in [2.75, 3.05) is 6.61 Å². The van der Waals surface area contributed by atoms with Crippen LogP contribution in [0.3, 0.4) is 0 Å². The highest BCUT2D eigenvalue weighted by Crippen LogP contribution is 2.17. The molecule has 0 spiro atoms. The third-order valence-corrected chi connectivity index (χ3v) is 3.57. The first-order chi connectivity index (χ1) is 8.61. The van der Waals surface area contributed by atoms with Crippen LogP contribution in [0.5, 0.6) is 0 Å². The molecule has 96 valence electrons. The summed E-state index contributed by atoms with van der Waals surface area (Å²) in [5, 5.41) is 0. The van der Waals surface area contributed by atoms with Gasteiger partial charge in [0.2, 0.25) is 0 Å². The van der Waals surface area contributed by atoms with E-state index < -0.39 is 0 Å². The fraction of sp³-hybridized carbons (Fsp3) is 0.333. The van der Waals surface area contributed by atoms with Crippen molar-refractivity contribution in [2.45, 2.75) is 19.9 Å². The number of ether oxygens (including phenoxy) is 1. The molecule has 1 heterocycles. The molecule has 0 aliphatic carbocycles. The quantitative estimate of drug-likeness (QED) is 0.506. The van der Waals surface area contributed by atoms with E-state index in [-0.39, 0.29) is 5.97 Å². The SMILES string of the molecule is CCOC(=O)CCn1c(=S)[nH]c2cc(I)ccc21. The Labute approximate surface area is 123 Å². The number of fused-ring (bicyclic) bond motifs is 1. The van der Waals surface area contributed by atoms with Gasteiger partial charge in [-0.2, -0.15) is 0 Å². The second-order valence-electron chi connectivity index (χ2n) is 3.80. The molecule has 6 heteroatoms. The Kier molecular flexibility index (Phi) is 4.39. The van der Waals surface area contributed by atoms with Gasteiger partial charge in [0.25, 0.3) is 0 Å². The molecule has 2 aromatic rings. The Morgan fingerprint density at radius 2 is 2.33 bits per heavy atom. The van der Waals surface area contributed by atoms with Crippen LogP contribution < -0.4 is 0 Å². The number of aromatic nitrogens is 2. The summed E-state index contributed by atoms with van der Waals surface area (Å²) in [5.74, 6) is -0.195. The third-order valence-electron chi connectivity index (χ3n) is 2.58. The minimum atomic E-state index is -0.195. The van der Waals surface area contributed by atoms with Crippen molar-refractivity contribution in [1.29, 1.82) is 0 Å². The van der Waals surface area contributed by atoms with Crippen LogP contribution in [-0.4, -0.2) is 22.1 Å². The molecule has 1 aromatic carbocycles. The van der Waals surface area contributed by atoms with Gasteiger partial charge in [0, 0.05) is 10.1 Å². The van der Waals surface area contributed by atoms with Crippen LogP contribution >= 0.6 is 34.8 Å². The molecule has 0 amide bonds. The smallest absolute Gasteiger partial charge is 0.307 e. The van der Waals surface area contributed by atoms with Crippen LogP contribution in [0.15, 0.2) is 18.2 Å². The number of benzene rings is 1. The fourth-order valence-electron chi connectivity index (χ4n) is 1.79. The molecule has 1 aromatic heterocycles. The summed E-state index contributed by atoms with van der Waals surface area (Å²) < 4.78 is 8.62. The number of esters is 1. The monoisotopic (exact) mass is 376 g/mol. The van der Waals surface area contributed by atoms with E-state index in [1.54, 1.807) is 6.92 Å². The summed E-state index contributed by atoms with van der Waals surface area (Å²) in [6.07, 6.45) is 0.334. The van der Waals surface area contributed by atoms with Gasteiger partial charge in [0.15, 0.2) is 4.77 Å². The Morgan fingerprint density at radius 1 is 1.56 bits per heavy atom. The third kappa shape index (κ3) is 2.92. The molecular formula is C12H13IN2O2S. The Morgan fingerprint density at radius 3 is 3.06 bits per heavy atom. The number of aryl methyl sites for hydroxylation is 1. The molecule has 1 N–H and O–H groups in total. The van der Waals surface area contributed by atoms with Crippen molar-refractivity contribution >= 4 is 51.8 Å². The Bertz CT molecular complexity index is 633. The van der Waals surface area contributed by atoms with Crippen molar-refractivity contribution in [2.24, 2.45) is 0 Å². The van der Waals surface area contributed by atoms with Gasteiger partial charge >= 0.3 is 5.97 Å². The van der Waals surface area contributed by atoms with Gasteiger partial charge in [-0.1, -0.05) is 0 Å². The second kappa shape index (κ2) is 5.83. The van der Waals surface area contributed by atoms with Crippen LogP contribution in [0.25, 0.3) is 11.0 Å². The molecule has 0 fully saturated rings. The summed E-state index contributed by atoms with van der Waals surface area (Å²) in [6.45, 7) is 2.76. The molecule has 4 nitrogen and oxygen atoms in total. The zero-order valence-corrected chi connectivity index (χ0v) is 12.9. The molecule has 2 rings (SSSR count). The lowest BCUT2D eigenvalue weighted by Gasteiger charge is -2.04. The molecule has 0 atom stereocenters. The first-order valence-corrected chi connectivity index (χ1v) is 7.14. The zero-order valence-electron chi connectivity index (χ0n) is 9.90. The summed E-state index contributed by atoms with van der Waals surface area (Å²) in [5.41, 5.74) is 2.01. The number of halogens is 1. The van der Waals surface area contributed by atoms with Crippen molar-refractivity contribution < 1.29 is 9.53 Å². The van der Waals surface area contributed by atoms with Gasteiger partial charge in [-0.25, -0.2) is 0 Å². The molecule has 18 heavy (non-hydrogen) atoms. The maximum atomic E-state index is 11.4. The zero-order chi connectivity index (χ0) is 13.1. The molecule has 0 radical (unpaired) electrons. The maximum absolute atomic E-state index is 11.4. The number of carbonyl (C=O) groups is 1. The van der Waals surface area contributed by atoms with Crippen LogP contribution in [0.2, 0.25) is 0 Å². The Hall–Kier alpha value is -0.890. The van der Waals surface area contributed by atoms with Gasteiger partial charge in [-0.05, 0) is 59.9 Å². The average Bonchev–Trinajstić information content (AvgIpc) is 2.61. The lowest BCUT2D eigenvalue weighted by Crippen LogP contribution is -2.09. The number of H-pyrrole nitrogens is 1. The van der Waals surface area contributed by atoms with E-state index >= 15 is 0 Å². The summed E-state index contributed by atoms with van der Waals surface area (Å²) >= 11 is 7.52.